The van der Waals surface area contributed by atoms with Crippen LogP contribution in [0.5, 0.6) is 0 Å². The van der Waals surface area contributed by atoms with Gasteiger partial charge in [0.05, 0.1) is 6.54 Å². The lowest BCUT2D eigenvalue weighted by Gasteiger charge is -2.35. The number of rotatable bonds is 9. The van der Waals surface area contributed by atoms with Crippen LogP contribution >= 0.6 is 11.3 Å². The van der Waals surface area contributed by atoms with Gasteiger partial charge in [-0.15, -0.1) is 11.3 Å². The Morgan fingerprint density at radius 1 is 1.00 bits per heavy atom. The average molecular weight is 427 g/mol. The number of amides is 2. The molecule has 2 amide bonds. The summed E-state index contributed by atoms with van der Waals surface area (Å²) in [5.74, 6) is 0.173. The number of carbonyl (C=O) groups excluding carboxylic acids is 2. The van der Waals surface area contributed by atoms with Crippen LogP contribution in [0, 0.1) is 6.92 Å². The molecule has 1 saturated carbocycles. The van der Waals surface area contributed by atoms with Gasteiger partial charge in [0.2, 0.25) is 11.8 Å². The maximum absolute atomic E-state index is 13.5. The largest absolute Gasteiger partial charge is 0.332 e. The van der Waals surface area contributed by atoms with Crippen molar-refractivity contribution in [3.63, 3.8) is 0 Å². The van der Waals surface area contributed by atoms with Crippen LogP contribution < -0.4 is 0 Å². The molecule has 0 saturated heterocycles. The van der Waals surface area contributed by atoms with Crippen LogP contribution in [0.1, 0.15) is 67.9 Å². The number of carbonyl (C=O) groups is 2. The molecule has 1 heterocycles. The van der Waals surface area contributed by atoms with E-state index in [0.717, 1.165) is 37.7 Å². The standard InChI is InChI=1S/C25H34N2O2S/c1-3-10-24(28)27(22-13-8-5-9-14-22)19-25(29)26(17-21-11-6-4-7-12-21)18-23-20(2)15-16-30-23/h4,6-7,11-12,15-16,22H,3,5,8-10,13-14,17-19H2,1-2H3. The van der Waals surface area contributed by atoms with Crippen molar-refractivity contribution in [2.45, 2.75) is 77.9 Å². The maximum atomic E-state index is 13.5. The van der Waals surface area contributed by atoms with Gasteiger partial charge in [0.25, 0.3) is 0 Å². The molecule has 5 heteroatoms. The first-order valence-electron chi connectivity index (χ1n) is 11.2. The molecule has 0 aliphatic heterocycles. The molecule has 1 aliphatic rings. The SMILES string of the molecule is CCCC(=O)N(CC(=O)N(Cc1ccccc1)Cc1sccc1C)C1CCCCC1. The highest BCUT2D eigenvalue weighted by atomic mass is 32.1. The molecule has 1 aliphatic carbocycles. The van der Waals surface area contributed by atoms with Crippen molar-refractivity contribution < 1.29 is 9.59 Å². The molecule has 0 bridgehead atoms. The summed E-state index contributed by atoms with van der Waals surface area (Å²) in [5, 5.41) is 2.08. The fourth-order valence-corrected chi connectivity index (χ4v) is 5.11. The van der Waals surface area contributed by atoms with E-state index in [0.29, 0.717) is 19.5 Å². The normalized spacial score (nSPS) is 14.5. The van der Waals surface area contributed by atoms with Crippen molar-refractivity contribution in [3.05, 3.63) is 57.8 Å². The molecule has 0 unspecified atom stereocenters. The Labute approximate surface area is 184 Å². The molecule has 0 N–H and O–H groups in total. The minimum atomic E-state index is 0.0432. The number of hydrogen-bond acceptors (Lipinski definition) is 3. The zero-order valence-corrected chi connectivity index (χ0v) is 19.1. The van der Waals surface area contributed by atoms with Gasteiger partial charge in [-0.1, -0.05) is 56.5 Å². The van der Waals surface area contributed by atoms with Gasteiger partial charge in [0.15, 0.2) is 0 Å². The van der Waals surface area contributed by atoms with Gasteiger partial charge in [0, 0.05) is 23.9 Å². The molecule has 1 aromatic heterocycles. The highest BCUT2D eigenvalue weighted by Crippen LogP contribution is 2.25. The van der Waals surface area contributed by atoms with E-state index in [1.54, 1.807) is 11.3 Å². The summed E-state index contributed by atoms with van der Waals surface area (Å²) < 4.78 is 0. The summed E-state index contributed by atoms with van der Waals surface area (Å²) in [6.07, 6.45) is 6.91. The molecular weight excluding hydrogens is 392 g/mol. The van der Waals surface area contributed by atoms with Crippen molar-refractivity contribution in [3.8, 4) is 0 Å². The topological polar surface area (TPSA) is 40.6 Å². The number of benzene rings is 1. The van der Waals surface area contributed by atoms with Crippen LogP contribution in [0.2, 0.25) is 0 Å². The highest BCUT2D eigenvalue weighted by molar-refractivity contribution is 7.10. The smallest absolute Gasteiger partial charge is 0.242 e. The van der Waals surface area contributed by atoms with Crippen molar-refractivity contribution in [1.82, 2.24) is 9.80 Å². The lowest BCUT2D eigenvalue weighted by Crippen LogP contribution is -2.47. The fourth-order valence-electron chi connectivity index (χ4n) is 4.19. The van der Waals surface area contributed by atoms with Gasteiger partial charge in [0.1, 0.15) is 6.54 Å². The third-order valence-electron chi connectivity index (χ3n) is 5.98. The molecule has 30 heavy (non-hydrogen) atoms. The second-order valence-corrected chi connectivity index (χ2v) is 9.33. The van der Waals surface area contributed by atoms with Crippen LogP contribution in [0.4, 0.5) is 0 Å². The Morgan fingerprint density at radius 2 is 1.73 bits per heavy atom. The Bertz CT molecular complexity index is 812. The summed E-state index contributed by atoms with van der Waals surface area (Å²) in [4.78, 5) is 31.4. The predicted molar refractivity (Wildman–Crippen MR) is 123 cm³/mol. The Hall–Kier alpha value is -2.14. The Morgan fingerprint density at radius 3 is 2.37 bits per heavy atom. The predicted octanol–water partition coefficient (Wildman–Crippen LogP) is 5.55. The molecule has 162 valence electrons. The molecule has 2 aromatic rings. The molecule has 1 fully saturated rings. The number of nitrogens with zero attached hydrogens (tertiary/aromatic N) is 2. The van der Waals surface area contributed by atoms with Crippen LogP contribution in [0.15, 0.2) is 41.8 Å². The molecular formula is C25H34N2O2S. The second-order valence-electron chi connectivity index (χ2n) is 8.33. The van der Waals surface area contributed by atoms with Crippen LogP contribution in [0.3, 0.4) is 0 Å². The van der Waals surface area contributed by atoms with Gasteiger partial charge in [-0.25, -0.2) is 0 Å². The van der Waals surface area contributed by atoms with Gasteiger partial charge in [-0.2, -0.15) is 0 Å². The molecule has 0 spiro atoms. The van der Waals surface area contributed by atoms with E-state index in [1.165, 1.54) is 16.9 Å². The molecule has 1 aromatic carbocycles. The zero-order valence-electron chi connectivity index (χ0n) is 18.3. The first kappa shape index (κ1) is 22.5. The molecule has 3 rings (SSSR count). The zero-order chi connectivity index (χ0) is 21.3. The lowest BCUT2D eigenvalue weighted by atomic mass is 9.94. The van der Waals surface area contributed by atoms with Gasteiger partial charge < -0.3 is 9.80 Å². The first-order chi connectivity index (χ1) is 14.6. The van der Waals surface area contributed by atoms with E-state index < -0.39 is 0 Å². The summed E-state index contributed by atoms with van der Waals surface area (Å²) in [7, 11) is 0. The Balaban J connectivity index is 1.78. The quantitative estimate of drug-likeness (QED) is 0.528. The van der Waals surface area contributed by atoms with Crippen LogP contribution in [0.25, 0.3) is 0 Å². The van der Waals surface area contributed by atoms with Gasteiger partial charge in [-0.05, 0) is 48.8 Å². The molecule has 0 radical (unpaired) electrons. The lowest BCUT2D eigenvalue weighted by molar-refractivity contribution is -0.143. The maximum Gasteiger partial charge on any atom is 0.242 e. The Kier molecular flexibility index (Phi) is 8.50. The van der Waals surface area contributed by atoms with Crippen LogP contribution in [-0.4, -0.2) is 34.2 Å². The summed E-state index contributed by atoms with van der Waals surface area (Å²) >= 11 is 1.69. The van der Waals surface area contributed by atoms with Gasteiger partial charge in [-0.3, -0.25) is 9.59 Å². The van der Waals surface area contributed by atoms with Crippen molar-refractivity contribution in [2.75, 3.05) is 6.54 Å². The average Bonchev–Trinajstić information content (AvgIpc) is 3.17. The minimum Gasteiger partial charge on any atom is -0.332 e. The summed E-state index contributed by atoms with van der Waals surface area (Å²) in [6, 6.07) is 12.4. The second kappa shape index (κ2) is 11.3. The summed E-state index contributed by atoms with van der Waals surface area (Å²) in [6.45, 7) is 5.48. The van der Waals surface area contributed by atoms with E-state index >= 15 is 0 Å². The summed E-state index contributed by atoms with van der Waals surface area (Å²) in [5.41, 5.74) is 2.33. The molecule has 4 nitrogen and oxygen atoms in total. The number of thiophene rings is 1. The number of aryl methyl sites for hydroxylation is 1. The minimum absolute atomic E-state index is 0.0432. The van der Waals surface area contributed by atoms with Crippen LogP contribution in [-0.2, 0) is 22.7 Å². The fraction of sp³-hybridized carbons (Fsp3) is 0.520. The van der Waals surface area contributed by atoms with E-state index in [-0.39, 0.29) is 24.4 Å². The van der Waals surface area contributed by atoms with E-state index in [2.05, 4.69) is 30.5 Å². The molecule has 0 atom stereocenters. The third kappa shape index (κ3) is 6.18. The van der Waals surface area contributed by atoms with Crippen molar-refractivity contribution in [2.24, 2.45) is 0 Å². The highest BCUT2D eigenvalue weighted by Gasteiger charge is 2.28. The van der Waals surface area contributed by atoms with E-state index in [9.17, 15) is 9.59 Å². The third-order valence-corrected chi connectivity index (χ3v) is 6.98. The van der Waals surface area contributed by atoms with Crippen molar-refractivity contribution in [1.29, 1.82) is 0 Å². The van der Waals surface area contributed by atoms with E-state index in [4.69, 9.17) is 0 Å². The van der Waals surface area contributed by atoms with E-state index in [1.807, 2.05) is 34.9 Å². The number of hydrogen-bond donors (Lipinski definition) is 0. The first-order valence-corrected chi connectivity index (χ1v) is 12.1. The van der Waals surface area contributed by atoms with Gasteiger partial charge >= 0.3 is 0 Å². The van der Waals surface area contributed by atoms with Crippen molar-refractivity contribution >= 4 is 23.2 Å². The monoisotopic (exact) mass is 426 g/mol.